The molecule has 0 heterocycles. The summed E-state index contributed by atoms with van der Waals surface area (Å²) >= 11 is 0. The molecule has 2 aromatic carbocycles. The van der Waals surface area contributed by atoms with Crippen molar-refractivity contribution in [1.29, 1.82) is 0 Å². The Labute approximate surface area is 122 Å². The van der Waals surface area contributed by atoms with E-state index in [1.54, 1.807) is 24.3 Å². The van der Waals surface area contributed by atoms with E-state index in [2.05, 4.69) is 16.6 Å². The summed E-state index contributed by atoms with van der Waals surface area (Å²) in [7, 11) is 1.31. The third-order valence-corrected chi connectivity index (χ3v) is 2.84. The van der Waals surface area contributed by atoms with Crippen molar-refractivity contribution >= 4 is 5.97 Å². The molecule has 3 nitrogen and oxygen atoms in total. The molecule has 106 valence electrons. The number of carbonyl (C=O) groups excluding carboxylic acids is 1. The van der Waals surface area contributed by atoms with Gasteiger partial charge in [-0.1, -0.05) is 24.0 Å². The van der Waals surface area contributed by atoms with E-state index < -0.39 is 12.1 Å². The third kappa shape index (κ3) is 3.91. The second-order valence-corrected chi connectivity index (χ2v) is 4.29. The van der Waals surface area contributed by atoms with E-state index >= 15 is 0 Å². The first kappa shape index (κ1) is 14.8. The van der Waals surface area contributed by atoms with Crippen molar-refractivity contribution in [3.63, 3.8) is 0 Å². The van der Waals surface area contributed by atoms with Gasteiger partial charge in [0, 0.05) is 5.56 Å². The molecule has 0 fully saturated rings. The van der Waals surface area contributed by atoms with Gasteiger partial charge >= 0.3 is 5.97 Å². The fraction of sp³-hybridized carbons (Fsp3) is 0.118. The Bertz CT molecular complexity index is 679. The minimum atomic E-state index is -0.995. The summed E-state index contributed by atoms with van der Waals surface area (Å²) in [4.78, 5) is 11.3. The number of hydrogen-bond donors (Lipinski definition) is 1. The second kappa shape index (κ2) is 6.69. The van der Waals surface area contributed by atoms with Crippen LogP contribution in [0.25, 0.3) is 0 Å². The van der Waals surface area contributed by atoms with Gasteiger partial charge in [0.2, 0.25) is 0 Å². The van der Waals surface area contributed by atoms with E-state index in [0.717, 1.165) is 0 Å². The maximum atomic E-state index is 12.8. The maximum Gasteiger partial charge on any atom is 0.337 e. The predicted octanol–water partition coefficient (Wildman–Crippen LogP) is 2.70. The van der Waals surface area contributed by atoms with Crippen LogP contribution in [0, 0.1) is 17.7 Å². The molecule has 0 aliphatic carbocycles. The molecule has 2 rings (SSSR count). The summed E-state index contributed by atoms with van der Waals surface area (Å²) in [6.45, 7) is 0. The number of aliphatic hydroxyl groups is 1. The summed E-state index contributed by atoms with van der Waals surface area (Å²) in [6, 6.07) is 12.0. The zero-order valence-electron chi connectivity index (χ0n) is 11.3. The standard InChI is InChI=1S/C17H13FO3/c1-21-17(20)14-5-2-12(3-6-14)4-11-16(19)13-7-9-15(18)10-8-13/h2-3,5-10,16,19H,1H3. The number of benzene rings is 2. The van der Waals surface area contributed by atoms with Crippen LogP contribution in [0.3, 0.4) is 0 Å². The summed E-state index contributed by atoms with van der Waals surface area (Å²) in [5.41, 5.74) is 1.61. The largest absolute Gasteiger partial charge is 0.465 e. The van der Waals surface area contributed by atoms with Crippen LogP contribution in [0.2, 0.25) is 0 Å². The Morgan fingerprint density at radius 3 is 2.33 bits per heavy atom. The van der Waals surface area contributed by atoms with Gasteiger partial charge in [-0.05, 0) is 42.0 Å². The van der Waals surface area contributed by atoms with E-state index in [4.69, 9.17) is 0 Å². The average molecular weight is 284 g/mol. The quantitative estimate of drug-likeness (QED) is 0.681. The van der Waals surface area contributed by atoms with Gasteiger partial charge in [0.15, 0.2) is 0 Å². The number of esters is 1. The molecular formula is C17H13FO3. The zero-order valence-corrected chi connectivity index (χ0v) is 11.3. The van der Waals surface area contributed by atoms with Gasteiger partial charge in [-0.15, -0.1) is 0 Å². The van der Waals surface area contributed by atoms with Crippen LogP contribution < -0.4 is 0 Å². The molecule has 0 amide bonds. The molecule has 2 aromatic rings. The van der Waals surface area contributed by atoms with Gasteiger partial charge in [-0.25, -0.2) is 9.18 Å². The minimum Gasteiger partial charge on any atom is -0.465 e. The lowest BCUT2D eigenvalue weighted by molar-refractivity contribution is 0.0600. The van der Waals surface area contributed by atoms with Crippen LogP contribution in [-0.4, -0.2) is 18.2 Å². The van der Waals surface area contributed by atoms with Crippen molar-refractivity contribution in [3.05, 3.63) is 71.0 Å². The van der Waals surface area contributed by atoms with Crippen molar-refractivity contribution in [2.75, 3.05) is 7.11 Å². The normalized spacial score (nSPS) is 11.2. The average Bonchev–Trinajstić information content (AvgIpc) is 2.53. The van der Waals surface area contributed by atoms with E-state index in [0.29, 0.717) is 16.7 Å². The lowest BCUT2D eigenvalue weighted by Gasteiger charge is -2.02. The Morgan fingerprint density at radius 1 is 1.14 bits per heavy atom. The molecule has 0 bridgehead atoms. The smallest absolute Gasteiger partial charge is 0.337 e. The Kier molecular flexibility index (Phi) is 4.70. The number of hydrogen-bond acceptors (Lipinski definition) is 3. The first-order chi connectivity index (χ1) is 10.1. The fourth-order valence-electron chi connectivity index (χ4n) is 1.69. The topological polar surface area (TPSA) is 46.5 Å². The molecule has 1 N–H and O–H groups in total. The van der Waals surface area contributed by atoms with E-state index in [1.165, 1.54) is 31.4 Å². The molecule has 21 heavy (non-hydrogen) atoms. The number of halogens is 1. The summed E-state index contributed by atoms with van der Waals surface area (Å²) in [6.07, 6.45) is -0.995. The molecule has 1 unspecified atom stereocenters. The van der Waals surface area contributed by atoms with Crippen molar-refractivity contribution in [1.82, 2.24) is 0 Å². The van der Waals surface area contributed by atoms with Crippen LogP contribution in [0.1, 0.15) is 27.6 Å². The third-order valence-electron chi connectivity index (χ3n) is 2.84. The molecule has 0 aromatic heterocycles. The van der Waals surface area contributed by atoms with Gasteiger partial charge in [-0.2, -0.15) is 0 Å². The Hall–Kier alpha value is -2.64. The molecule has 0 radical (unpaired) electrons. The number of rotatable bonds is 2. The first-order valence-electron chi connectivity index (χ1n) is 6.23. The van der Waals surface area contributed by atoms with E-state index in [9.17, 15) is 14.3 Å². The minimum absolute atomic E-state index is 0.364. The maximum absolute atomic E-state index is 12.8. The first-order valence-corrected chi connectivity index (χ1v) is 6.23. The Balaban J connectivity index is 2.11. The fourth-order valence-corrected chi connectivity index (χ4v) is 1.69. The van der Waals surface area contributed by atoms with E-state index in [-0.39, 0.29) is 5.82 Å². The van der Waals surface area contributed by atoms with Gasteiger partial charge in [-0.3, -0.25) is 0 Å². The highest BCUT2D eigenvalue weighted by molar-refractivity contribution is 5.89. The van der Waals surface area contributed by atoms with Crippen molar-refractivity contribution in [2.24, 2.45) is 0 Å². The monoisotopic (exact) mass is 284 g/mol. The van der Waals surface area contributed by atoms with Gasteiger partial charge in [0.05, 0.1) is 12.7 Å². The molecular weight excluding hydrogens is 271 g/mol. The van der Waals surface area contributed by atoms with Crippen molar-refractivity contribution in [3.8, 4) is 11.8 Å². The molecule has 1 atom stereocenters. The molecule has 0 aliphatic heterocycles. The zero-order chi connectivity index (χ0) is 15.2. The van der Waals surface area contributed by atoms with Crippen molar-refractivity contribution < 1.29 is 19.0 Å². The highest BCUT2D eigenvalue weighted by atomic mass is 19.1. The van der Waals surface area contributed by atoms with Crippen LogP contribution >= 0.6 is 0 Å². The lowest BCUT2D eigenvalue weighted by atomic mass is 10.1. The van der Waals surface area contributed by atoms with Gasteiger partial charge in [0.25, 0.3) is 0 Å². The highest BCUT2D eigenvalue weighted by Gasteiger charge is 2.04. The van der Waals surface area contributed by atoms with Gasteiger partial charge in [0.1, 0.15) is 11.9 Å². The number of aliphatic hydroxyl groups excluding tert-OH is 1. The number of ether oxygens (including phenoxy) is 1. The summed E-state index contributed by atoms with van der Waals surface area (Å²) < 4.78 is 17.4. The molecule has 0 saturated carbocycles. The van der Waals surface area contributed by atoms with E-state index in [1.807, 2.05) is 0 Å². The SMILES string of the molecule is COC(=O)c1ccc(C#CC(O)c2ccc(F)cc2)cc1. The number of carbonyl (C=O) groups is 1. The molecule has 4 heteroatoms. The van der Waals surface area contributed by atoms with Crippen LogP contribution in [-0.2, 0) is 4.74 Å². The highest BCUT2D eigenvalue weighted by Crippen LogP contribution is 2.13. The second-order valence-electron chi connectivity index (χ2n) is 4.29. The molecule has 0 saturated heterocycles. The van der Waals surface area contributed by atoms with Crippen LogP contribution in [0.4, 0.5) is 4.39 Å². The molecule has 0 spiro atoms. The van der Waals surface area contributed by atoms with Crippen LogP contribution in [0.15, 0.2) is 48.5 Å². The predicted molar refractivity (Wildman–Crippen MR) is 76.0 cm³/mol. The van der Waals surface area contributed by atoms with Crippen LogP contribution in [0.5, 0.6) is 0 Å². The summed E-state index contributed by atoms with van der Waals surface area (Å²) in [5.74, 6) is 4.68. The van der Waals surface area contributed by atoms with Gasteiger partial charge < -0.3 is 9.84 Å². The molecule has 0 aliphatic rings. The van der Waals surface area contributed by atoms with Crippen molar-refractivity contribution in [2.45, 2.75) is 6.10 Å². The number of methoxy groups -OCH3 is 1. The Morgan fingerprint density at radius 2 is 1.76 bits per heavy atom. The summed E-state index contributed by atoms with van der Waals surface area (Å²) in [5, 5.41) is 9.88. The lowest BCUT2D eigenvalue weighted by Crippen LogP contribution is -2.00.